The quantitative estimate of drug-likeness (QED) is 0.878. The number of likely N-dealkylation sites (tertiary alicyclic amines) is 1. The lowest BCUT2D eigenvalue weighted by Crippen LogP contribution is -2.24. The number of rotatable bonds is 5. The Bertz CT molecular complexity index is 633. The van der Waals surface area contributed by atoms with Crippen LogP contribution >= 0.6 is 0 Å². The molecule has 3 heterocycles. The number of carbonyl (C=O) groups excluding carboxylic acids is 1. The Morgan fingerprint density at radius 1 is 1.57 bits per heavy atom. The van der Waals surface area contributed by atoms with E-state index in [0.717, 1.165) is 43.9 Å². The summed E-state index contributed by atoms with van der Waals surface area (Å²) in [6.45, 7) is 4.80. The first-order valence-electron chi connectivity index (χ1n) is 7.10. The van der Waals surface area contributed by atoms with E-state index in [1.54, 1.807) is 6.20 Å². The normalized spacial score (nSPS) is 19.2. The molecule has 2 aromatic rings. The Kier molecular flexibility index (Phi) is 3.74. The van der Waals surface area contributed by atoms with Crippen molar-refractivity contribution < 1.29 is 9.32 Å². The fraction of sp³-hybridized carbons (Fsp3) is 0.500. The number of carbonyl (C=O) groups is 1. The summed E-state index contributed by atoms with van der Waals surface area (Å²) in [5, 5.41) is 8.13. The second-order valence-corrected chi connectivity index (χ2v) is 5.50. The third-order valence-corrected chi connectivity index (χ3v) is 3.86. The van der Waals surface area contributed by atoms with E-state index in [0.29, 0.717) is 11.6 Å². The minimum atomic E-state index is -0.434. The lowest BCUT2D eigenvalue weighted by Gasteiger charge is -2.15. The van der Waals surface area contributed by atoms with Crippen LogP contribution in [-0.2, 0) is 6.42 Å². The molecule has 1 aliphatic rings. The van der Waals surface area contributed by atoms with Crippen LogP contribution in [0.2, 0.25) is 0 Å². The van der Waals surface area contributed by atoms with Crippen molar-refractivity contribution in [2.75, 3.05) is 19.6 Å². The summed E-state index contributed by atoms with van der Waals surface area (Å²) in [6.07, 6.45) is 5.15. The van der Waals surface area contributed by atoms with Crippen molar-refractivity contribution in [2.24, 2.45) is 5.73 Å². The Hall–Kier alpha value is -2.15. The number of nitrogens with zero attached hydrogens (tertiary/aromatic N) is 4. The molecule has 7 nitrogen and oxygen atoms in total. The molecule has 1 aliphatic heterocycles. The summed E-state index contributed by atoms with van der Waals surface area (Å²) in [4.78, 5) is 13.5. The van der Waals surface area contributed by atoms with Crippen molar-refractivity contribution in [1.29, 1.82) is 0 Å². The third kappa shape index (κ3) is 3.13. The minimum Gasteiger partial charge on any atom is -0.366 e. The van der Waals surface area contributed by atoms with Crippen LogP contribution in [-0.4, -0.2) is 45.4 Å². The topological polar surface area (TPSA) is 90.2 Å². The summed E-state index contributed by atoms with van der Waals surface area (Å²) in [5.41, 5.74) is 6.63. The fourth-order valence-electron chi connectivity index (χ4n) is 2.70. The highest BCUT2D eigenvalue weighted by atomic mass is 16.5. The molecule has 7 heteroatoms. The van der Waals surface area contributed by atoms with Crippen LogP contribution in [0.25, 0.3) is 0 Å². The molecule has 0 bridgehead atoms. The van der Waals surface area contributed by atoms with Gasteiger partial charge in [0.2, 0.25) is 0 Å². The molecule has 112 valence electrons. The Balaban J connectivity index is 1.53. The molecular formula is C14H19N5O2. The van der Waals surface area contributed by atoms with Gasteiger partial charge >= 0.3 is 0 Å². The number of aryl methyl sites for hydroxylation is 1. The van der Waals surface area contributed by atoms with E-state index < -0.39 is 5.91 Å². The van der Waals surface area contributed by atoms with Gasteiger partial charge in [-0.25, -0.2) is 0 Å². The lowest BCUT2D eigenvalue weighted by atomic mass is 10.2. The molecule has 2 aromatic heterocycles. The number of nitrogens with two attached hydrogens (primary N) is 1. The Morgan fingerprint density at radius 2 is 2.43 bits per heavy atom. The van der Waals surface area contributed by atoms with Gasteiger partial charge < -0.3 is 15.2 Å². The number of amides is 1. The standard InChI is InChI=1S/C14H19N5O2/c1-10-6-13(21-17-10)3-5-18-4-2-12(9-18)19-8-11(7-16-19)14(15)20/h6-8,12H,2-5,9H2,1H3,(H2,15,20). The predicted octanol–water partition coefficient (Wildman–Crippen LogP) is 0.768. The summed E-state index contributed by atoms with van der Waals surface area (Å²) < 4.78 is 7.07. The lowest BCUT2D eigenvalue weighted by molar-refractivity contribution is 0.1000. The monoisotopic (exact) mass is 289 g/mol. The van der Waals surface area contributed by atoms with Gasteiger partial charge in [-0.2, -0.15) is 5.10 Å². The highest BCUT2D eigenvalue weighted by molar-refractivity contribution is 5.92. The first kappa shape index (κ1) is 13.8. The molecule has 1 saturated heterocycles. The van der Waals surface area contributed by atoms with Gasteiger partial charge in [0.25, 0.3) is 5.91 Å². The van der Waals surface area contributed by atoms with E-state index >= 15 is 0 Å². The molecule has 21 heavy (non-hydrogen) atoms. The van der Waals surface area contributed by atoms with Crippen molar-refractivity contribution in [3.63, 3.8) is 0 Å². The van der Waals surface area contributed by atoms with Gasteiger partial charge in [0.05, 0.1) is 23.5 Å². The van der Waals surface area contributed by atoms with E-state index in [1.165, 1.54) is 6.20 Å². The second-order valence-electron chi connectivity index (χ2n) is 5.50. The number of primary amides is 1. The van der Waals surface area contributed by atoms with Gasteiger partial charge in [-0.3, -0.25) is 9.48 Å². The molecule has 1 amide bonds. The zero-order chi connectivity index (χ0) is 14.8. The summed E-state index contributed by atoms with van der Waals surface area (Å²) in [7, 11) is 0. The molecule has 1 unspecified atom stereocenters. The van der Waals surface area contributed by atoms with Crippen molar-refractivity contribution in [2.45, 2.75) is 25.8 Å². The molecule has 0 saturated carbocycles. The van der Waals surface area contributed by atoms with E-state index in [4.69, 9.17) is 10.3 Å². The van der Waals surface area contributed by atoms with Crippen LogP contribution in [0.5, 0.6) is 0 Å². The largest absolute Gasteiger partial charge is 0.366 e. The molecule has 3 rings (SSSR count). The molecular weight excluding hydrogens is 270 g/mol. The maximum absolute atomic E-state index is 11.1. The van der Waals surface area contributed by atoms with Crippen LogP contribution < -0.4 is 5.73 Å². The van der Waals surface area contributed by atoms with Crippen molar-refractivity contribution in [3.05, 3.63) is 35.5 Å². The van der Waals surface area contributed by atoms with Crippen LogP contribution in [0.1, 0.15) is 34.3 Å². The van der Waals surface area contributed by atoms with Gasteiger partial charge in [0.15, 0.2) is 0 Å². The SMILES string of the molecule is Cc1cc(CCN2CCC(n3cc(C(N)=O)cn3)C2)on1. The molecule has 0 radical (unpaired) electrons. The summed E-state index contributed by atoms with van der Waals surface area (Å²) >= 11 is 0. The summed E-state index contributed by atoms with van der Waals surface area (Å²) in [6, 6.07) is 2.27. The second kappa shape index (κ2) is 5.69. The van der Waals surface area contributed by atoms with Crippen LogP contribution in [0.3, 0.4) is 0 Å². The van der Waals surface area contributed by atoms with E-state index in [1.807, 2.05) is 17.7 Å². The zero-order valence-corrected chi connectivity index (χ0v) is 12.0. The van der Waals surface area contributed by atoms with Crippen molar-refractivity contribution >= 4 is 5.91 Å². The molecule has 1 atom stereocenters. The molecule has 1 fully saturated rings. The molecule has 0 aliphatic carbocycles. The Labute approximate surface area is 122 Å². The van der Waals surface area contributed by atoms with Gasteiger partial charge in [-0.1, -0.05) is 5.16 Å². The molecule has 2 N–H and O–H groups in total. The zero-order valence-electron chi connectivity index (χ0n) is 12.0. The average Bonchev–Trinajstić information content (AvgIpc) is 3.16. The first-order valence-corrected chi connectivity index (χ1v) is 7.10. The van der Waals surface area contributed by atoms with Crippen molar-refractivity contribution in [3.8, 4) is 0 Å². The number of hydrogen-bond acceptors (Lipinski definition) is 5. The van der Waals surface area contributed by atoms with E-state index in [-0.39, 0.29) is 0 Å². The van der Waals surface area contributed by atoms with Gasteiger partial charge in [-0.05, 0) is 13.3 Å². The highest BCUT2D eigenvalue weighted by Crippen LogP contribution is 2.21. The highest BCUT2D eigenvalue weighted by Gasteiger charge is 2.24. The van der Waals surface area contributed by atoms with Gasteiger partial charge in [0.1, 0.15) is 5.76 Å². The van der Waals surface area contributed by atoms with Crippen LogP contribution in [0, 0.1) is 6.92 Å². The molecule has 0 spiro atoms. The maximum atomic E-state index is 11.1. The van der Waals surface area contributed by atoms with E-state index in [9.17, 15) is 4.79 Å². The van der Waals surface area contributed by atoms with Gasteiger partial charge in [0, 0.05) is 38.3 Å². The smallest absolute Gasteiger partial charge is 0.251 e. The van der Waals surface area contributed by atoms with Crippen molar-refractivity contribution in [1.82, 2.24) is 19.8 Å². The Morgan fingerprint density at radius 3 is 3.10 bits per heavy atom. The first-order chi connectivity index (χ1) is 10.1. The van der Waals surface area contributed by atoms with Gasteiger partial charge in [-0.15, -0.1) is 0 Å². The minimum absolute atomic E-state index is 0.301. The van der Waals surface area contributed by atoms with E-state index in [2.05, 4.69) is 15.2 Å². The molecule has 0 aromatic carbocycles. The van der Waals surface area contributed by atoms with Crippen LogP contribution in [0.15, 0.2) is 23.0 Å². The third-order valence-electron chi connectivity index (χ3n) is 3.86. The van der Waals surface area contributed by atoms with Crippen LogP contribution in [0.4, 0.5) is 0 Å². The maximum Gasteiger partial charge on any atom is 0.251 e. The predicted molar refractivity (Wildman–Crippen MR) is 75.8 cm³/mol. The average molecular weight is 289 g/mol. The summed E-state index contributed by atoms with van der Waals surface area (Å²) in [5.74, 6) is 0.489. The number of hydrogen-bond donors (Lipinski definition) is 1. The fourth-order valence-corrected chi connectivity index (χ4v) is 2.70. The number of aromatic nitrogens is 3.